The lowest BCUT2D eigenvalue weighted by molar-refractivity contribution is 0.102. The van der Waals surface area contributed by atoms with Gasteiger partial charge in [0.1, 0.15) is 0 Å². The van der Waals surface area contributed by atoms with Crippen molar-refractivity contribution in [1.29, 1.82) is 0 Å². The molecule has 0 unspecified atom stereocenters. The normalized spacial score (nSPS) is 10.8. The molecule has 4 heteroatoms. The molecule has 0 spiro atoms. The Morgan fingerprint density at radius 1 is 1.26 bits per heavy atom. The van der Waals surface area contributed by atoms with Crippen LogP contribution in [-0.2, 0) is 7.05 Å². The Bertz CT molecular complexity index is 562. The zero-order chi connectivity index (χ0) is 14.0. The van der Waals surface area contributed by atoms with Gasteiger partial charge in [0.15, 0.2) is 5.69 Å². The zero-order valence-corrected chi connectivity index (χ0v) is 11.8. The Kier molecular flexibility index (Phi) is 3.69. The SMILES string of the molecule is Cc1cc(C(=O)Nc2ccc(C(C)C)cc2)nn1C. The predicted molar refractivity (Wildman–Crippen MR) is 76.4 cm³/mol. The van der Waals surface area contributed by atoms with E-state index in [9.17, 15) is 4.79 Å². The first kappa shape index (κ1) is 13.3. The van der Waals surface area contributed by atoms with Crippen LogP contribution in [0.4, 0.5) is 5.69 Å². The van der Waals surface area contributed by atoms with Gasteiger partial charge in [0, 0.05) is 18.4 Å². The molecule has 1 N–H and O–H groups in total. The second-order valence-electron chi connectivity index (χ2n) is 5.03. The number of benzene rings is 1. The van der Waals surface area contributed by atoms with E-state index in [1.165, 1.54) is 5.56 Å². The number of aryl methyl sites for hydroxylation is 2. The van der Waals surface area contributed by atoms with Crippen LogP contribution in [0.25, 0.3) is 0 Å². The average molecular weight is 257 g/mol. The minimum absolute atomic E-state index is 0.180. The number of anilines is 1. The van der Waals surface area contributed by atoms with Gasteiger partial charge < -0.3 is 5.32 Å². The lowest BCUT2D eigenvalue weighted by atomic mass is 10.0. The standard InChI is InChI=1S/C15H19N3O/c1-10(2)12-5-7-13(8-6-12)16-15(19)14-9-11(3)18(4)17-14/h5-10H,1-4H3,(H,16,19). The van der Waals surface area contributed by atoms with Crippen LogP contribution in [0.3, 0.4) is 0 Å². The van der Waals surface area contributed by atoms with Gasteiger partial charge in [0.2, 0.25) is 0 Å². The van der Waals surface area contributed by atoms with Gasteiger partial charge in [-0.25, -0.2) is 0 Å². The molecule has 1 heterocycles. The number of aromatic nitrogens is 2. The van der Waals surface area contributed by atoms with E-state index in [4.69, 9.17) is 0 Å². The highest BCUT2D eigenvalue weighted by Crippen LogP contribution is 2.17. The molecule has 19 heavy (non-hydrogen) atoms. The molecular formula is C15H19N3O. The summed E-state index contributed by atoms with van der Waals surface area (Å²) in [6.07, 6.45) is 0. The van der Waals surface area contributed by atoms with Crippen LogP contribution in [-0.4, -0.2) is 15.7 Å². The third kappa shape index (κ3) is 3.02. The summed E-state index contributed by atoms with van der Waals surface area (Å²) in [6, 6.07) is 9.68. The van der Waals surface area contributed by atoms with Gasteiger partial charge >= 0.3 is 0 Å². The molecule has 0 aliphatic rings. The van der Waals surface area contributed by atoms with Gasteiger partial charge in [-0.15, -0.1) is 0 Å². The summed E-state index contributed by atoms with van der Waals surface area (Å²) in [4.78, 5) is 12.0. The molecule has 1 aromatic heterocycles. The first-order chi connectivity index (χ1) is 8.97. The quantitative estimate of drug-likeness (QED) is 0.918. The third-order valence-corrected chi connectivity index (χ3v) is 3.18. The van der Waals surface area contributed by atoms with Crippen LogP contribution in [0, 0.1) is 6.92 Å². The largest absolute Gasteiger partial charge is 0.321 e. The van der Waals surface area contributed by atoms with Crippen molar-refractivity contribution in [3.05, 3.63) is 47.3 Å². The van der Waals surface area contributed by atoms with Gasteiger partial charge in [0.05, 0.1) is 0 Å². The van der Waals surface area contributed by atoms with Crippen LogP contribution in [0.1, 0.15) is 41.5 Å². The molecule has 2 aromatic rings. The molecule has 0 aliphatic carbocycles. The molecule has 4 nitrogen and oxygen atoms in total. The van der Waals surface area contributed by atoms with Gasteiger partial charge in [-0.2, -0.15) is 5.10 Å². The fourth-order valence-electron chi connectivity index (χ4n) is 1.82. The van der Waals surface area contributed by atoms with Crippen LogP contribution < -0.4 is 5.32 Å². The maximum atomic E-state index is 12.0. The molecule has 0 radical (unpaired) electrons. The van der Waals surface area contributed by atoms with Gasteiger partial charge in [-0.05, 0) is 36.6 Å². The number of nitrogens with zero attached hydrogens (tertiary/aromatic N) is 2. The zero-order valence-electron chi connectivity index (χ0n) is 11.8. The van der Waals surface area contributed by atoms with Crippen molar-refractivity contribution in [2.75, 3.05) is 5.32 Å². The number of rotatable bonds is 3. The summed E-state index contributed by atoms with van der Waals surface area (Å²) >= 11 is 0. The Labute approximate surface area is 113 Å². The fraction of sp³-hybridized carbons (Fsp3) is 0.333. The smallest absolute Gasteiger partial charge is 0.276 e. The maximum Gasteiger partial charge on any atom is 0.276 e. The summed E-state index contributed by atoms with van der Waals surface area (Å²) < 4.78 is 1.69. The van der Waals surface area contributed by atoms with Crippen molar-refractivity contribution in [2.45, 2.75) is 26.7 Å². The summed E-state index contributed by atoms with van der Waals surface area (Å²) in [5.74, 6) is 0.309. The van der Waals surface area contributed by atoms with E-state index in [1.54, 1.807) is 10.7 Å². The van der Waals surface area contributed by atoms with Gasteiger partial charge in [0.25, 0.3) is 5.91 Å². The van der Waals surface area contributed by atoms with E-state index in [0.717, 1.165) is 11.4 Å². The lowest BCUT2D eigenvalue weighted by Gasteiger charge is -2.07. The van der Waals surface area contributed by atoms with E-state index in [-0.39, 0.29) is 5.91 Å². The van der Waals surface area contributed by atoms with Crippen molar-refractivity contribution in [3.8, 4) is 0 Å². The molecule has 1 amide bonds. The summed E-state index contributed by atoms with van der Waals surface area (Å²) in [5, 5.41) is 7.01. The van der Waals surface area contributed by atoms with E-state index < -0.39 is 0 Å². The topological polar surface area (TPSA) is 46.9 Å². The molecule has 0 bridgehead atoms. The van der Waals surface area contributed by atoms with Crippen molar-refractivity contribution < 1.29 is 4.79 Å². The summed E-state index contributed by atoms with van der Waals surface area (Å²) in [5.41, 5.74) is 3.44. The molecule has 2 rings (SSSR count). The molecule has 0 saturated carbocycles. The molecule has 1 aromatic carbocycles. The minimum Gasteiger partial charge on any atom is -0.321 e. The first-order valence-corrected chi connectivity index (χ1v) is 6.39. The highest BCUT2D eigenvalue weighted by molar-refractivity contribution is 6.02. The Morgan fingerprint density at radius 2 is 1.89 bits per heavy atom. The van der Waals surface area contributed by atoms with Crippen LogP contribution in [0.15, 0.2) is 30.3 Å². The maximum absolute atomic E-state index is 12.0. The number of nitrogens with one attached hydrogen (secondary N) is 1. The molecule has 0 atom stereocenters. The monoisotopic (exact) mass is 257 g/mol. The number of carbonyl (C=O) groups is 1. The third-order valence-electron chi connectivity index (χ3n) is 3.18. The molecule has 0 aliphatic heterocycles. The van der Waals surface area contributed by atoms with E-state index >= 15 is 0 Å². The predicted octanol–water partition coefficient (Wildman–Crippen LogP) is 3.10. The molecule has 100 valence electrons. The van der Waals surface area contributed by atoms with Crippen molar-refractivity contribution in [1.82, 2.24) is 9.78 Å². The van der Waals surface area contributed by atoms with Crippen molar-refractivity contribution >= 4 is 11.6 Å². The summed E-state index contributed by atoms with van der Waals surface area (Å²) in [7, 11) is 1.82. The van der Waals surface area contributed by atoms with Gasteiger partial charge in [-0.3, -0.25) is 9.48 Å². The second kappa shape index (κ2) is 5.26. The van der Waals surface area contributed by atoms with E-state index in [0.29, 0.717) is 11.6 Å². The number of amides is 1. The minimum atomic E-state index is -0.180. The molecule has 0 fully saturated rings. The Hall–Kier alpha value is -2.10. The second-order valence-corrected chi connectivity index (χ2v) is 5.03. The van der Waals surface area contributed by atoms with E-state index in [2.05, 4.69) is 24.3 Å². The van der Waals surface area contributed by atoms with Crippen molar-refractivity contribution in [3.63, 3.8) is 0 Å². The average Bonchev–Trinajstić information content (AvgIpc) is 2.70. The highest BCUT2D eigenvalue weighted by Gasteiger charge is 2.11. The molecular weight excluding hydrogens is 238 g/mol. The number of hydrogen-bond acceptors (Lipinski definition) is 2. The van der Waals surface area contributed by atoms with Crippen LogP contribution in [0.2, 0.25) is 0 Å². The first-order valence-electron chi connectivity index (χ1n) is 6.39. The van der Waals surface area contributed by atoms with Crippen LogP contribution in [0.5, 0.6) is 0 Å². The summed E-state index contributed by atoms with van der Waals surface area (Å²) in [6.45, 7) is 6.20. The highest BCUT2D eigenvalue weighted by atomic mass is 16.1. The van der Waals surface area contributed by atoms with Crippen LogP contribution >= 0.6 is 0 Å². The fourth-order valence-corrected chi connectivity index (χ4v) is 1.82. The van der Waals surface area contributed by atoms with Crippen molar-refractivity contribution in [2.24, 2.45) is 7.05 Å². The Morgan fingerprint density at radius 3 is 2.37 bits per heavy atom. The van der Waals surface area contributed by atoms with Gasteiger partial charge in [-0.1, -0.05) is 26.0 Å². The number of hydrogen-bond donors (Lipinski definition) is 1. The van der Waals surface area contributed by atoms with E-state index in [1.807, 2.05) is 38.2 Å². The lowest BCUT2D eigenvalue weighted by Crippen LogP contribution is -2.13. The number of carbonyl (C=O) groups excluding carboxylic acids is 1. The molecule has 0 saturated heterocycles. The Balaban J connectivity index is 2.10.